The average molecular weight is 226 g/mol. The van der Waals surface area contributed by atoms with Crippen molar-refractivity contribution in [2.24, 2.45) is 0 Å². The van der Waals surface area contributed by atoms with E-state index in [1.165, 1.54) is 12.5 Å². The van der Waals surface area contributed by atoms with Crippen LogP contribution in [0.3, 0.4) is 0 Å². The zero-order valence-electron chi connectivity index (χ0n) is 10.4. The molecule has 0 bridgehead atoms. The Labute approximate surface area is 98.4 Å². The van der Waals surface area contributed by atoms with Crippen molar-refractivity contribution in [1.29, 1.82) is 0 Å². The first kappa shape index (κ1) is 14.8. The summed E-state index contributed by atoms with van der Waals surface area (Å²) in [4.78, 5) is 0. The van der Waals surface area contributed by atoms with Crippen molar-refractivity contribution in [2.75, 3.05) is 6.61 Å². The quantitative estimate of drug-likeness (QED) is 0.447. The first-order valence-electron chi connectivity index (χ1n) is 5.30. The highest BCUT2D eigenvalue weighted by atomic mass is 16.6. The van der Waals surface area contributed by atoms with E-state index >= 15 is 0 Å². The lowest BCUT2D eigenvalue weighted by Crippen LogP contribution is -2.50. The van der Waals surface area contributed by atoms with Crippen LogP contribution in [0.15, 0.2) is 38.3 Å². The molecule has 0 saturated heterocycles. The molecule has 0 aromatic heterocycles. The summed E-state index contributed by atoms with van der Waals surface area (Å²) in [5.41, 5.74) is -0.612. The fourth-order valence-corrected chi connectivity index (χ4v) is 1.36. The van der Waals surface area contributed by atoms with Gasteiger partial charge in [0, 0.05) is 0 Å². The molecule has 3 nitrogen and oxygen atoms in total. The van der Waals surface area contributed by atoms with E-state index in [1.54, 1.807) is 6.08 Å². The number of rotatable bonds is 9. The van der Waals surface area contributed by atoms with E-state index in [0.717, 1.165) is 0 Å². The van der Waals surface area contributed by atoms with Crippen LogP contribution in [0.2, 0.25) is 0 Å². The zero-order chi connectivity index (χ0) is 12.6. The van der Waals surface area contributed by atoms with E-state index in [1.807, 2.05) is 20.8 Å². The van der Waals surface area contributed by atoms with Gasteiger partial charge in [0.05, 0.1) is 25.2 Å². The number of hydrogen-bond acceptors (Lipinski definition) is 3. The topological polar surface area (TPSA) is 27.7 Å². The molecule has 0 amide bonds. The summed E-state index contributed by atoms with van der Waals surface area (Å²) in [5.74, 6) is 0. The molecule has 3 unspecified atom stereocenters. The van der Waals surface area contributed by atoms with E-state index in [9.17, 15) is 0 Å². The molecule has 0 radical (unpaired) electrons. The largest absolute Gasteiger partial charge is 0.495 e. The monoisotopic (exact) mass is 226 g/mol. The molecule has 3 atom stereocenters. The van der Waals surface area contributed by atoms with Crippen LogP contribution < -0.4 is 0 Å². The Bertz CT molecular complexity index is 237. The lowest BCUT2D eigenvalue weighted by Gasteiger charge is -2.38. The maximum absolute atomic E-state index is 5.57. The molecular formula is C13H22O3. The zero-order valence-corrected chi connectivity index (χ0v) is 10.4. The van der Waals surface area contributed by atoms with Gasteiger partial charge in [0.2, 0.25) is 0 Å². The van der Waals surface area contributed by atoms with E-state index in [4.69, 9.17) is 14.2 Å². The van der Waals surface area contributed by atoms with Crippen LogP contribution in [-0.4, -0.2) is 24.4 Å². The summed E-state index contributed by atoms with van der Waals surface area (Å²) >= 11 is 0. The molecule has 0 aliphatic rings. The van der Waals surface area contributed by atoms with Crippen molar-refractivity contribution in [3.8, 4) is 0 Å². The van der Waals surface area contributed by atoms with E-state index in [0.29, 0.717) is 6.61 Å². The third-order valence-electron chi connectivity index (χ3n) is 2.72. The third-order valence-corrected chi connectivity index (χ3v) is 2.72. The molecular weight excluding hydrogens is 204 g/mol. The lowest BCUT2D eigenvalue weighted by molar-refractivity contribution is -0.146. The van der Waals surface area contributed by atoms with Gasteiger partial charge in [-0.25, -0.2) is 0 Å². The maximum Gasteiger partial charge on any atom is 0.167 e. The molecule has 0 aromatic carbocycles. The minimum Gasteiger partial charge on any atom is -0.495 e. The van der Waals surface area contributed by atoms with Gasteiger partial charge in [-0.1, -0.05) is 19.2 Å². The van der Waals surface area contributed by atoms with Crippen molar-refractivity contribution >= 4 is 0 Å². The summed E-state index contributed by atoms with van der Waals surface area (Å²) in [6, 6.07) is 0. The van der Waals surface area contributed by atoms with Crippen molar-refractivity contribution in [3.63, 3.8) is 0 Å². The van der Waals surface area contributed by atoms with Crippen molar-refractivity contribution in [3.05, 3.63) is 38.3 Å². The van der Waals surface area contributed by atoms with Crippen LogP contribution in [0.25, 0.3) is 0 Å². The predicted octanol–water partition coefficient (Wildman–Crippen LogP) is 3.04. The smallest absolute Gasteiger partial charge is 0.167 e. The van der Waals surface area contributed by atoms with Gasteiger partial charge in [-0.2, -0.15) is 0 Å². The molecule has 92 valence electrons. The molecule has 0 spiro atoms. The summed E-state index contributed by atoms with van der Waals surface area (Å²) in [5, 5.41) is 0. The van der Waals surface area contributed by atoms with Crippen LogP contribution in [0.5, 0.6) is 0 Å². The van der Waals surface area contributed by atoms with Gasteiger partial charge in [-0.05, 0) is 20.8 Å². The van der Waals surface area contributed by atoms with Gasteiger partial charge in [0.25, 0.3) is 0 Å². The van der Waals surface area contributed by atoms with Crippen LogP contribution in [0.4, 0.5) is 0 Å². The predicted molar refractivity (Wildman–Crippen MR) is 66.0 cm³/mol. The minimum atomic E-state index is -0.612. The van der Waals surface area contributed by atoms with Gasteiger partial charge in [-0.3, -0.25) is 0 Å². The molecule has 3 heteroatoms. The Kier molecular flexibility index (Phi) is 6.58. The van der Waals surface area contributed by atoms with E-state index < -0.39 is 5.60 Å². The van der Waals surface area contributed by atoms with Gasteiger partial charge >= 0.3 is 0 Å². The molecule has 0 fully saturated rings. The molecule has 16 heavy (non-hydrogen) atoms. The maximum atomic E-state index is 5.57. The van der Waals surface area contributed by atoms with Crippen molar-refractivity contribution in [2.45, 2.75) is 38.6 Å². The highest BCUT2D eigenvalue weighted by molar-refractivity contribution is 4.92. The molecule has 0 saturated carbocycles. The first-order valence-corrected chi connectivity index (χ1v) is 5.30. The fraction of sp³-hybridized carbons (Fsp3) is 0.538. The Hall–Kier alpha value is -1.22. The molecule has 0 aromatic rings. The fourth-order valence-electron chi connectivity index (χ4n) is 1.36. The van der Waals surface area contributed by atoms with Gasteiger partial charge < -0.3 is 14.2 Å². The highest BCUT2D eigenvalue weighted by Gasteiger charge is 2.40. The van der Waals surface area contributed by atoms with Crippen LogP contribution in [-0.2, 0) is 14.2 Å². The van der Waals surface area contributed by atoms with Crippen LogP contribution >= 0.6 is 0 Å². The van der Waals surface area contributed by atoms with Crippen LogP contribution in [0, 0.1) is 0 Å². The first-order chi connectivity index (χ1) is 7.52. The standard InChI is InChI=1S/C13H22O3/c1-7-10-15-12(5)13(6,16-9-3)11(4)14-8-2/h7-9,11-12H,1-3,10H2,4-6H3. The van der Waals surface area contributed by atoms with Crippen molar-refractivity contribution in [1.82, 2.24) is 0 Å². The second kappa shape index (κ2) is 7.12. The Morgan fingerprint density at radius 2 is 1.75 bits per heavy atom. The number of hydrogen-bond donors (Lipinski definition) is 0. The summed E-state index contributed by atoms with van der Waals surface area (Å²) < 4.78 is 16.5. The second-order valence-corrected chi connectivity index (χ2v) is 3.68. The third kappa shape index (κ3) is 3.74. The molecule has 0 N–H and O–H groups in total. The highest BCUT2D eigenvalue weighted by Crippen LogP contribution is 2.25. The van der Waals surface area contributed by atoms with Gasteiger partial charge in [0.15, 0.2) is 5.60 Å². The Balaban J connectivity index is 4.69. The van der Waals surface area contributed by atoms with Gasteiger partial charge in [-0.15, -0.1) is 6.58 Å². The Morgan fingerprint density at radius 1 is 1.12 bits per heavy atom. The summed E-state index contributed by atoms with van der Waals surface area (Å²) in [7, 11) is 0. The average Bonchev–Trinajstić information content (AvgIpc) is 2.26. The van der Waals surface area contributed by atoms with E-state index in [2.05, 4.69) is 19.7 Å². The lowest BCUT2D eigenvalue weighted by atomic mass is 9.93. The van der Waals surface area contributed by atoms with E-state index in [-0.39, 0.29) is 12.2 Å². The minimum absolute atomic E-state index is 0.154. The summed E-state index contributed by atoms with van der Waals surface area (Å²) in [6.07, 6.45) is 4.15. The second-order valence-electron chi connectivity index (χ2n) is 3.68. The number of ether oxygens (including phenoxy) is 3. The summed E-state index contributed by atoms with van der Waals surface area (Å²) in [6.45, 7) is 16.9. The molecule has 0 rings (SSSR count). The van der Waals surface area contributed by atoms with Crippen molar-refractivity contribution < 1.29 is 14.2 Å². The molecule has 0 aliphatic heterocycles. The van der Waals surface area contributed by atoms with Crippen LogP contribution in [0.1, 0.15) is 20.8 Å². The normalized spacial score (nSPS) is 17.7. The molecule has 0 heterocycles. The SMILES string of the molecule is C=CCOC(C)C(C)(OC=C)C(C)OC=C. The Morgan fingerprint density at radius 3 is 2.19 bits per heavy atom. The molecule has 0 aliphatic carbocycles. The van der Waals surface area contributed by atoms with Gasteiger partial charge in [0.1, 0.15) is 6.10 Å².